The van der Waals surface area contributed by atoms with Gasteiger partial charge < -0.3 is 10.2 Å². The summed E-state index contributed by atoms with van der Waals surface area (Å²) in [5.74, 6) is -0.243. The first-order chi connectivity index (χ1) is 16.9. The maximum absolute atomic E-state index is 13.6. The number of halogens is 3. The van der Waals surface area contributed by atoms with Crippen molar-refractivity contribution in [2.75, 3.05) is 12.3 Å². The van der Waals surface area contributed by atoms with Crippen molar-refractivity contribution in [3.05, 3.63) is 99.0 Å². The van der Waals surface area contributed by atoms with E-state index < -0.39 is 6.04 Å². The molecule has 0 spiro atoms. The van der Waals surface area contributed by atoms with Crippen molar-refractivity contribution in [3.63, 3.8) is 0 Å². The van der Waals surface area contributed by atoms with E-state index in [2.05, 4.69) is 5.32 Å². The van der Waals surface area contributed by atoms with Gasteiger partial charge in [-0.05, 0) is 48.4 Å². The van der Waals surface area contributed by atoms with Gasteiger partial charge in [-0.3, -0.25) is 9.59 Å². The van der Waals surface area contributed by atoms with Crippen LogP contribution in [0.15, 0.2) is 77.7 Å². The van der Waals surface area contributed by atoms with Crippen molar-refractivity contribution in [2.45, 2.75) is 37.2 Å². The Labute approximate surface area is 225 Å². The number of nitrogens with one attached hydrogen (secondary N) is 1. The Hall–Kier alpha value is -2.18. The lowest BCUT2D eigenvalue weighted by Crippen LogP contribution is -2.51. The minimum Gasteiger partial charge on any atom is -0.354 e. The number of rotatable bonds is 11. The summed E-state index contributed by atoms with van der Waals surface area (Å²) in [5.41, 5.74) is 1.57. The van der Waals surface area contributed by atoms with Crippen LogP contribution in [0.2, 0.25) is 15.1 Å². The van der Waals surface area contributed by atoms with Gasteiger partial charge in [0.05, 0.1) is 5.75 Å². The molecule has 0 saturated heterocycles. The summed E-state index contributed by atoms with van der Waals surface area (Å²) in [6.07, 6.45) is 1.16. The van der Waals surface area contributed by atoms with Gasteiger partial charge in [0.25, 0.3) is 0 Å². The van der Waals surface area contributed by atoms with Gasteiger partial charge in [-0.1, -0.05) is 78.1 Å². The summed E-state index contributed by atoms with van der Waals surface area (Å²) in [4.78, 5) is 29.5. The summed E-state index contributed by atoms with van der Waals surface area (Å²) in [6, 6.07) is 21.5. The van der Waals surface area contributed by atoms with E-state index in [1.165, 1.54) is 11.8 Å². The number of nitrogens with zero attached hydrogens (tertiary/aromatic N) is 1. The Kier molecular flexibility index (Phi) is 10.8. The molecular formula is C27H27Cl3N2O2S. The number of carbonyl (C=O) groups excluding carboxylic acids is 2. The highest BCUT2D eigenvalue weighted by Crippen LogP contribution is 2.28. The highest BCUT2D eigenvalue weighted by Gasteiger charge is 2.31. The third-order valence-corrected chi connectivity index (χ3v) is 7.34. The fraction of sp³-hybridized carbons (Fsp3) is 0.259. The van der Waals surface area contributed by atoms with Gasteiger partial charge in [-0.2, -0.15) is 0 Å². The minimum absolute atomic E-state index is 0.121. The van der Waals surface area contributed by atoms with E-state index in [-0.39, 0.29) is 24.1 Å². The lowest BCUT2D eigenvalue weighted by atomic mass is 10.0. The molecule has 4 nitrogen and oxygen atoms in total. The van der Waals surface area contributed by atoms with Crippen molar-refractivity contribution in [1.29, 1.82) is 0 Å². The molecule has 0 aromatic heterocycles. The Bertz CT molecular complexity index is 1110. The third kappa shape index (κ3) is 8.18. The monoisotopic (exact) mass is 548 g/mol. The molecule has 35 heavy (non-hydrogen) atoms. The zero-order valence-corrected chi connectivity index (χ0v) is 22.4. The maximum Gasteiger partial charge on any atom is 0.243 e. The predicted molar refractivity (Wildman–Crippen MR) is 146 cm³/mol. The molecule has 0 heterocycles. The Morgan fingerprint density at radius 1 is 0.914 bits per heavy atom. The van der Waals surface area contributed by atoms with Gasteiger partial charge in [0.15, 0.2) is 0 Å². The first kappa shape index (κ1) is 27.4. The lowest BCUT2D eigenvalue weighted by molar-refractivity contribution is -0.139. The number of carbonyl (C=O) groups is 2. The third-order valence-electron chi connectivity index (χ3n) is 5.39. The van der Waals surface area contributed by atoms with Crippen LogP contribution in [0.25, 0.3) is 0 Å². The maximum atomic E-state index is 13.6. The minimum atomic E-state index is -0.727. The molecule has 0 saturated carbocycles. The molecule has 2 amide bonds. The number of hydrogen-bond acceptors (Lipinski definition) is 3. The topological polar surface area (TPSA) is 49.4 Å². The quantitative estimate of drug-likeness (QED) is 0.265. The molecule has 0 aliphatic carbocycles. The van der Waals surface area contributed by atoms with Crippen LogP contribution in [-0.4, -0.2) is 35.1 Å². The van der Waals surface area contributed by atoms with Gasteiger partial charge in [0, 0.05) is 45.0 Å². The zero-order chi connectivity index (χ0) is 25.2. The van der Waals surface area contributed by atoms with Crippen LogP contribution in [0.5, 0.6) is 0 Å². The van der Waals surface area contributed by atoms with Gasteiger partial charge in [0.2, 0.25) is 11.8 Å². The Balaban J connectivity index is 1.93. The van der Waals surface area contributed by atoms with E-state index in [0.29, 0.717) is 33.6 Å². The fourth-order valence-corrected chi connectivity index (χ4v) is 4.96. The molecule has 3 rings (SSSR count). The van der Waals surface area contributed by atoms with E-state index in [9.17, 15) is 9.59 Å². The fourth-order valence-electron chi connectivity index (χ4n) is 3.53. The highest BCUT2D eigenvalue weighted by atomic mass is 35.5. The molecule has 184 valence electrons. The summed E-state index contributed by atoms with van der Waals surface area (Å²) in [5, 5.41) is 4.50. The molecule has 1 N–H and O–H groups in total. The van der Waals surface area contributed by atoms with Crippen molar-refractivity contribution in [3.8, 4) is 0 Å². The average molecular weight is 550 g/mol. The molecule has 1 atom stereocenters. The molecule has 0 fully saturated rings. The summed E-state index contributed by atoms with van der Waals surface area (Å²) in [7, 11) is 0. The van der Waals surface area contributed by atoms with Gasteiger partial charge in [0.1, 0.15) is 6.04 Å². The molecule has 0 aliphatic heterocycles. The van der Waals surface area contributed by atoms with Crippen LogP contribution in [0.4, 0.5) is 0 Å². The predicted octanol–water partition coefficient (Wildman–Crippen LogP) is 6.91. The van der Waals surface area contributed by atoms with Crippen molar-refractivity contribution in [1.82, 2.24) is 10.2 Å². The first-order valence-electron chi connectivity index (χ1n) is 11.3. The molecule has 3 aromatic carbocycles. The summed E-state index contributed by atoms with van der Waals surface area (Å²) < 4.78 is 0. The van der Waals surface area contributed by atoms with Crippen molar-refractivity contribution >= 4 is 58.4 Å². The molecule has 3 aromatic rings. The van der Waals surface area contributed by atoms with Gasteiger partial charge >= 0.3 is 0 Å². The van der Waals surface area contributed by atoms with Crippen LogP contribution >= 0.6 is 46.6 Å². The Morgan fingerprint density at radius 2 is 1.57 bits per heavy atom. The van der Waals surface area contributed by atoms with E-state index in [4.69, 9.17) is 34.8 Å². The van der Waals surface area contributed by atoms with Crippen LogP contribution < -0.4 is 5.32 Å². The first-order valence-corrected chi connectivity index (χ1v) is 13.4. The van der Waals surface area contributed by atoms with Crippen LogP contribution in [0.1, 0.15) is 24.5 Å². The normalized spacial score (nSPS) is 11.7. The number of benzene rings is 3. The van der Waals surface area contributed by atoms with E-state index in [0.717, 1.165) is 16.9 Å². The lowest BCUT2D eigenvalue weighted by Gasteiger charge is -2.32. The van der Waals surface area contributed by atoms with Crippen molar-refractivity contribution < 1.29 is 9.59 Å². The van der Waals surface area contributed by atoms with Gasteiger partial charge in [-0.25, -0.2) is 0 Å². The number of amides is 2. The number of thioether (sulfide) groups is 1. The zero-order valence-electron chi connectivity index (χ0n) is 19.3. The summed E-state index contributed by atoms with van der Waals surface area (Å²) in [6.45, 7) is 2.63. The van der Waals surface area contributed by atoms with Crippen LogP contribution in [-0.2, 0) is 22.6 Å². The second kappa shape index (κ2) is 13.8. The van der Waals surface area contributed by atoms with Gasteiger partial charge in [-0.15, -0.1) is 11.8 Å². The van der Waals surface area contributed by atoms with E-state index >= 15 is 0 Å². The molecular weight excluding hydrogens is 523 g/mol. The molecule has 8 heteroatoms. The van der Waals surface area contributed by atoms with Crippen molar-refractivity contribution in [2.24, 2.45) is 0 Å². The Morgan fingerprint density at radius 3 is 2.20 bits per heavy atom. The number of hydrogen-bond donors (Lipinski definition) is 1. The molecule has 0 unspecified atom stereocenters. The molecule has 0 aliphatic rings. The van der Waals surface area contributed by atoms with E-state index in [1.54, 1.807) is 35.2 Å². The molecule has 0 radical (unpaired) electrons. The van der Waals surface area contributed by atoms with Crippen LogP contribution in [0.3, 0.4) is 0 Å². The van der Waals surface area contributed by atoms with E-state index in [1.807, 2.05) is 49.4 Å². The van der Waals surface area contributed by atoms with Crippen LogP contribution in [0, 0.1) is 0 Å². The smallest absolute Gasteiger partial charge is 0.243 e. The second-order valence-corrected chi connectivity index (χ2v) is 10.3. The second-order valence-electron chi connectivity index (χ2n) is 7.96. The average Bonchev–Trinajstić information content (AvgIpc) is 2.86. The largest absolute Gasteiger partial charge is 0.354 e. The highest BCUT2D eigenvalue weighted by molar-refractivity contribution is 8.00. The SMILES string of the molecule is CCCNC(=O)[C@@H](Cc1ccccc1)N(Cc1c(Cl)cccc1Cl)C(=O)CSc1ccc(Cl)cc1. The summed E-state index contributed by atoms with van der Waals surface area (Å²) >= 11 is 20.3. The standard InChI is InChI=1S/C27H27Cl3N2O2S/c1-2-15-31-27(34)25(16-19-7-4-3-5-8-19)32(17-22-23(29)9-6-10-24(22)30)26(33)18-35-21-13-11-20(28)12-14-21/h3-14,25H,2,15-18H2,1H3,(H,31,34)/t25-/m1/s1. The molecule has 0 bridgehead atoms.